The molecule has 0 aliphatic heterocycles. The minimum Gasteiger partial charge on any atom is -0.497 e. The Labute approximate surface area is 187 Å². The van der Waals surface area contributed by atoms with Crippen LogP contribution in [0.5, 0.6) is 5.75 Å². The number of thioether (sulfide) groups is 1. The van der Waals surface area contributed by atoms with Crippen molar-refractivity contribution in [2.24, 2.45) is 0 Å². The van der Waals surface area contributed by atoms with Gasteiger partial charge in [-0.3, -0.25) is 9.59 Å². The lowest BCUT2D eigenvalue weighted by atomic mass is 10.1. The topological polar surface area (TPSA) is 67.4 Å². The van der Waals surface area contributed by atoms with E-state index in [0.29, 0.717) is 29.1 Å². The summed E-state index contributed by atoms with van der Waals surface area (Å²) in [6.45, 7) is 3.93. The Bertz CT molecular complexity index is 1070. The molecule has 0 saturated heterocycles. The van der Waals surface area contributed by atoms with E-state index in [4.69, 9.17) is 4.74 Å². The molecule has 0 bridgehead atoms. The Morgan fingerprint density at radius 3 is 2.35 bits per heavy atom. The molecule has 0 aliphatic carbocycles. The molecule has 2 amide bonds. The molecule has 5 nitrogen and oxygen atoms in total. The molecule has 0 spiro atoms. The van der Waals surface area contributed by atoms with E-state index in [1.54, 1.807) is 19.2 Å². The molecular formula is C25H26N2O3S. The van der Waals surface area contributed by atoms with E-state index in [-0.39, 0.29) is 17.1 Å². The highest BCUT2D eigenvalue weighted by Crippen LogP contribution is 2.29. The van der Waals surface area contributed by atoms with Gasteiger partial charge in [-0.2, -0.15) is 0 Å². The molecule has 31 heavy (non-hydrogen) atoms. The predicted molar refractivity (Wildman–Crippen MR) is 127 cm³/mol. The summed E-state index contributed by atoms with van der Waals surface area (Å²) in [6.07, 6.45) is 0.667. The Morgan fingerprint density at radius 1 is 0.935 bits per heavy atom. The van der Waals surface area contributed by atoms with Crippen molar-refractivity contribution in [3.63, 3.8) is 0 Å². The maximum atomic E-state index is 12.8. The van der Waals surface area contributed by atoms with Crippen LogP contribution in [0.25, 0.3) is 0 Å². The average molecular weight is 435 g/mol. The molecule has 0 saturated carbocycles. The third-order valence-electron chi connectivity index (χ3n) is 4.65. The van der Waals surface area contributed by atoms with Crippen LogP contribution in [-0.2, 0) is 4.79 Å². The number of anilines is 2. The summed E-state index contributed by atoms with van der Waals surface area (Å²) < 4.78 is 5.21. The summed E-state index contributed by atoms with van der Waals surface area (Å²) >= 11 is 1.47. The van der Waals surface area contributed by atoms with E-state index in [2.05, 4.69) is 10.6 Å². The Kier molecular flexibility index (Phi) is 7.73. The average Bonchev–Trinajstić information content (AvgIpc) is 2.77. The second-order valence-corrected chi connectivity index (χ2v) is 8.36. The molecular weight excluding hydrogens is 408 g/mol. The highest BCUT2D eigenvalue weighted by atomic mass is 32.2. The molecule has 3 aromatic carbocycles. The number of aryl methyl sites for hydroxylation is 1. The van der Waals surface area contributed by atoms with Gasteiger partial charge in [0.05, 0.1) is 12.4 Å². The second-order valence-electron chi connectivity index (χ2n) is 7.09. The number of amides is 2. The van der Waals surface area contributed by atoms with Gasteiger partial charge in [-0.05, 0) is 55.8 Å². The maximum Gasteiger partial charge on any atom is 0.255 e. The smallest absolute Gasteiger partial charge is 0.255 e. The number of carbonyl (C=O) groups excluding carboxylic acids is 2. The van der Waals surface area contributed by atoms with Crippen molar-refractivity contribution in [2.75, 3.05) is 17.7 Å². The molecule has 160 valence electrons. The van der Waals surface area contributed by atoms with Gasteiger partial charge in [-0.15, -0.1) is 11.8 Å². The second kappa shape index (κ2) is 10.7. The van der Waals surface area contributed by atoms with Gasteiger partial charge in [0.2, 0.25) is 5.91 Å². The fourth-order valence-corrected chi connectivity index (χ4v) is 4.06. The molecule has 0 aliphatic rings. The first-order valence-corrected chi connectivity index (χ1v) is 11.0. The first-order valence-electron chi connectivity index (χ1n) is 10.1. The van der Waals surface area contributed by atoms with Crippen LogP contribution >= 0.6 is 11.8 Å². The fourth-order valence-electron chi connectivity index (χ4n) is 3.05. The zero-order chi connectivity index (χ0) is 22.2. The van der Waals surface area contributed by atoms with Crippen molar-refractivity contribution < 1.29 is 14.3 Å². The number of ether oxygens (including phenoxy) is 1. The van der Waals surface area contributed by atoms with Crippen LogP contribution in [0, 0.1) is 6.92 Å². The first kappa shape index (κ1) is 22.4. The summed E-state index contributed by atoms with van der Waals surface area (Å²) in [5, 5.41) is 5.61. The lowest BCUT2D eigenvalue weighted by molar-refractivity contribution is -0.115. The molecule has 1 unspecified atom stereocenters. The van der Waals surface area contributed by atoms with Crippen molar-refractivity contribution in [1.82, 2.24) is 0 Å². The van der Waals surface area contributed by atoms with E-state index in [0.717, 1.165) is 10.5 Å². The van der Waals surface area contributed by atoms with E-state index < -0.39 is 0 Å². The summed E-state index contributed by atoms with van der Waals surface area (Å²) in [7, 11) is 1.59. The van der Waals surface area contributed by atoms with Crippen molar-refractivity contribution in [2.45, 2.75) is 30.4 Å². The van der Waals surface area contributed by atoms with Gasteiger partial charge < -0.3 is 15.4 Å². The fraction of sp³-hybridized carbons (Fsp3) is 0.200. The quantitative estimate of drug-likeness (QED) is 0.442. The summed E-state index contributed by atoms with van der Waals surface area (Å²) in [6, 6.07) is 22.3. The van der Waals surface area contributed by atoms with Crippen LogP contribution in [0.4, 0.5) is 11.4 Å². The molecule has 3 rings (SSSR count). The van der Waals surface area contributed by atoms with Crippen LogP contribution in [0.2, 0.25) is 0 Å². The van der Waals surface area contributed by atoms with Crippen molar-refractivity contribution in [3.05, 3.63) is 83.9 Å². The molecule has 0 fully saturated rings. The number of benzene rings is 3. The summed E-state index contributed by atoms with van der Waals surface area (Å²) in [4.78, 5) is 26.2. The first-order chi connectivity index (χ1) is 15.0. The van der Waals surface area contributed by atoms with Crippen molar-refractivity contribution in [3.8, 4) is 5.75 Å². The zero-order valence-corrected chi connectivity index (χ0v) is 18.7. The van der Waals surface area contributed by atoms with E-state index in [1.807, 2.05) is 74.5 Å². The van der Waals surface area contributed by atoms with Crippen LogP contribution in [0.15, 0.2) is 77.7 Å². The zero-order valence-electron chi connectivity index (χ0n) is 17.8. The maximum absolute atomic E-state index is 12.8. The Hall–Kier alpha value is -3.25. The SMILES string of the molecule is CCC(Sc1cccc(NC(=O)c2cccc(C)c2)c1)C(=O)Nc1cccc(OC)c1. The molecule has 6 heteroatoms. The van der Waals surface area contributed by atoms with Crippen LogP contribution < -0.4 is 15.4 Å². The highest BCUT2D eigenvalue weighted by Gasteiger charge is 2.18. The van der Waals surface area contributed by atoms with Gasteiger partial charge in [0.1, 0.15) is 5.75 Å². The lowest BCUT2D eigenvalue weighted by Gasteiger charge is -2.16. The number of nitrogens with one attached hydrogen (secondary N) is 2. The third kappa shape index (κ3) is 6.36. The van der Waals surface area contributed by atoms with Gasteiger partial charge in [0.15, 0.2) is 0 Å². The highest BCUT2D eigenvalue weighted by molar-refractivity contribution is 8.00. The molecule has 3 aromatic rings. The summed E-state index contributed by atoms with van der Waals surface area (Å²) in [5.41, 5.74) is 3.04. The minimum atomic E-state index is -0.270. The monoisotopic (exact) mass is 434 g/mol. The van der Waals surface area contributed by atoms with Gasteiger partial charge in [0, 0.05) is 27.9 Å². The largest absolute Gasteiger partial charge is 0.497 e. The molecule has 1 atom stereocenters. The number of hydrogen-bond acceptors (Lipinski definition) is 4. The standard InChI is InChI=1S/C25H26N2O3S/c1-4-23(25(29)27-19-10-6-12-21(15-19)30-3)31-22-13-7-11-20(16-22)26-24(28)18-9-5-8-17(2)14-18/h5-16,23H,4H2,1-3H3,(H,26,28)(H,27,29). The molecule has 0 aromatic heterocycles. The Balaban J connectivity index is 1.66. The lowest BCUT2D eigenvalue weighted by Crippen LogP contribution is -2.24. The van der Waals surface area contributed by atoms with Gasteiger partial charge >= 0.3 is 0 Å². The number of methoxy groups -OCH3 is 1. The molecule has 0 radical (unpaired) electrons. The number of rotatable bonds is 8. The number of carbonyl (C=O) groups is 2. The molecule has 2 N–H and O–H groups in total. The third-order valence-corrected chi connectivity index (χ3v) is 6.01. The van der Waals surface area contributed by atoms with Crippen LogP contribution in [0.3, 0.4) is 0 Å². The van der Waals surface area contributed by atoms with E-state index in [9.17, 15) is 9.59 Å². The number of hydrogen-bond donors (Lipinski definition) is 2. The van der Waals surface area contributed by atoms with Gasteiger partial charge in [-0.25, -0.2) is 0 Å². The normalized spacial score (nSPS) is 11.5. The predicted octanol–water partition coefficient (Wildman–Crippen LogP) is 5.77. The van der Waals surface area contributed by atoms with Crippen molar-refractivity contribution >= 4 is 35.0 Å². The molecule has 0 heterocycles. The summed E-state index contributed by atoms with van der Waals surface area (Å²) in [5.74, 6) is 0.458. The van der Waals surface area contributed by atoms with E-state index in [1.165, 1.54) is 11.8 Å². The van der Waals surface area contributed by atoms with Crippen LogP contribution in [0.1, 0.15) is 29.3 Å². The Morgan fingerprint density at radius 2 is 1.65 bits per heavy atom. The van der Waals surface area contributed by atoms with Crippen molar-refractivity contribution in [1.29, 1.82) is 0 Å². The van der Waals surface area contributed by atoms with Gasteiger partial charge in [-0.1, -0.05) is 36.8 Å². The van der Waals surface area contributed by atoms with Crippen LogP contribution in [-0.4, -0.2) is 24.2 Å². The minimum absolute atomic E-state index is 0.0741. The van der Waals surface area contributed by atoms with E-state index >= 15 is 0 Å². The van der Waals surface area contributed by atoms with Gasteiger partial charge in [0.25, 0.3) is 5.91 Å².